The fourth-order valence-electron chi connectivity index (χ4n) is 1.32. The SMILES string of the molecule is COc1c(C)c(C=O)cc(C)c1N. The topological polar surface area (TPSA) is 52.3 Å². The summed E-state index contributed by atoms with van der Waals surface area (Å²) in [7, 11) is 1.55. The van der Waals surface area contributed by atoms with Gasteiger partial charge in [0.15, 0.2) is 0 Å². The normalized spacial score (nSPS) is 9.77. The molecule has 0 aliphatic heterocycles. The van der Waals surface area contributed by atoms with Gasteiger partial charge in [-0.15, -0.1) is 0 Å². The van der Waals surface area contributed by atoms with Crippen LogP contribution in [0.15, 0.2) is 6.07 Å². The Morgan fingerprint density at radius 3 is 2.54 bits per heavy atom. The molecule has 1 aromatic carbocycles. The fourth-order valence-corrected chi connectivity index (χ4v) is 1.32. The van der Waals surface area contributed by atoms with E-state index < -0.39 is 0 Å². The Morgan fingerprint density at radius 1 is 1.46 bits per heavy atom. The number of carbonyl (C=O) groups is 1. The van der Waals surface area contributed by atoms with Gasteiger partial charge in [-0.2, -0.15) is 0 Å². The Balaban J connectivity index is 3.47. The van der Waals surface area contributed by atoms with Gasteiger partial charge in [-0.25, -0.2) is 0 Å². The van der Waals surface area contributed by atoms with E-state index in [4.69, 9.17) is 10.5 Å². The van der Waals surface area contributed by atoms with Crippen molar-refractivity contribution in [2.45, 2.75) is 13.8 Å². The van der Waals surface area contributed by atoms with Crippen molar-refractivity contribution in [3.05, 3.63) is 22.8 Å². The number of ether oxygens (including phenoxy) is 1. The van der Waals surface area contributed by atoms with Crippen LogP contribution in [0.1, 0.15) is 21.5 Å². The van der Waals surface area contributed by atoms with E-state index in [1.807, 2.05) is 13.8 Å². The van der Waals surface area contributed by atoms with Crippen molar-refractivity contribution in [1.29, 1.82) is 0 Å². The number of aldehydes is 1. The number of hydrogen-bond acceptors (Lipinski definition) is 3. The summed E-state index contributed by atoms with van der Waals surface area (Å²) in [5.74, 6) is 0.599. The van der Waals surface area contributed by atoms with E-state index in [-0.39, 0.29) is 0 Å². The number of anilines is 1. The van der Waals surface area contributed by atoms with Gasteiger partial charge < -0.3 is 10.5 Å². The van der Waals surface area contributed by atoms with Gasteiger partial charge in [0.1, 0.15) is 12.0 Å². The third kappa shape index (κ3) is 1.49. The van der Waals surface area contributed by atoms with Crippen LogP contribution in [0.2, 0.25) is 0 Å². The first-order valence-electron chi connectivity index (χ1n) is 4.00. The molecular weight excluding hydrogens is 166 g/mol. The minimum absolute atomic E-state index is 0.599. The molecule has 0 heterocycles. The van der Waals surface area contributed by atoms with Gasteiger partial charge in [-0.3, -0.25) is 4.79 Å². The molecular formula is C10H13NO2. The third-order valence-corrected chi connectivity index (χ3v) is 2.15. The molecule has 0 saturated carbocycles. The lowest BCUT2D eigenvalue weighted by atomic mass is 10.0. The summed E-state index contributed by atoms with van der Waals surface area (Å²) in [6, 6.07) is 1.76. The fraction of sp³-hybridized carbons (Fsp3) is 0.300. The Labute approximate surface area is 77.5 Å². The van der Waals surface area contributed by atoms with Gasteiger partial charge in [0, 0.05) is 11.1 Å². The van der Waals surface area contributed by atoms with E-state index >= 15 is 0 Å². The summed E-state index contributed by atoms with van der Waals surface area (Å²) in [6.45, 7) is 3.67. The molecule has 0 fully saturated rings. The molecule has 0 aliphatic rings. The summed E-state index contributed by atoms with van der Waals surface area (Å²) in [6.07, 6.45) is 0.810. The van der Waals surface area contributed by atoms with Crippen molar-refractivity contribution in [3.8, 4) is 5.75 Å². The number of benzene rings is 1. The summed E-state index contributed by atoms with van der Waals surface area (Å²) in [5, 5.41) is 0. The molecule has 0 aliphatic carbocycles. The van der Waals surface area contributed by atoms with Crippen molar-refractivity contribution in [3.63, 3.8) is 0 Å². The molecule has 1 aromatic rings. The Bertz CT molecular complexity index is 345. The smallest absolute Gasteiger partial charge is 0.150 e. The summed E-state index contributed by atoms with van der Waals surface area (Å²) in [4.78, 5) is 10.7. The van der Waals surface area contributed by atoms with Crippen LogP contribution < -0.4 is 10.5 Å². The van der Waals surface area contributed by atoms with Gasteiger partial charge >= 0.3 is 0 Å². The average Bonchev–Trinajstić information content (AvgIpc) is 2.12. The van der Waals surface area contributed by atoms with Crippen molar-refractivity contribution in [1.82, 2.24) is 0 Å². The molecule has 0 bridgehead atoms. The van der Waals surface area contributed by atoms with E-state index in [1.165, 1.54) is 0 Å². The van der Waals surface area contributed by atoms with Gasteiger partial charge in [0.25, 0.3) is 0 Å². The highest BCUT2D eigenvalue weighted by molar-refractivity contribution is 5.82. The van der Waals surface area contributed by atoms with Crippen LogP contribution in [-0.2, 0) is 0 Å². The molecule has 0 amide bonds. The van der Waals surface area contributed by atoms with Crippen molar-refractivity contribution in [2.75, 3.05) is 12.8 Å². The second-order valence-corrected chi connectivity index (χ2v) is 2.97. The summed E-state index contributed by atoms with van der Waals surface area (Å²) in [5.41, 5.74) is 8.66. The lowest BCUT2D eigenvalue weighted by Crippen LogP contribution is -2.00. The van der Waals surface area contributed by atoms with Gasteiger partial charge in [-0.1, -0.05) is 0 Å². The van der Waals surface area contributed by atoms with Gasteiger partial charge in [0.05, 0.1) is 12.8 Å². The van der Waals surface area contributed by atoms with Crippen molar-refractivity contribution in [2.24, 2.45) is 0 Å². The van der Waals surface area contributed by atoms with Crippen LogP contribution in [0, 0.1) is 13.8 Å². The number of hydrogen-bond donors (Lipinski definition) is 1. The highest BCUT2D eigenvalue weighted by atomic mass is 16.5. The molecule has 0 radical (unpaired) electrons. The molecule has 3 nitrogen and oxygen atoms in total. The zero-order valence-electron chi connectivity index (χ0n) is 8.05. The maximum Gasteiger partial charge on any atom is 0.150 e. The van der Waals surface area contributed by atoms with Gasteiger partial charge in [-0.05, 0) is 25.5 Å². The van der Waals surface area contributed by atoms with Crippen LogP contribution in [0.25, 0.3) is 0 Å². The first-order valence-corrected chi connectivity index (χ1v) is 4.00. The lowest BCUT2D eigenvalue weighted by molar-refractivity contribution is 0.112. The second kappa shape index (κ2) is 3.47. The molecule has 13 heavy (non-hydrogen) atoms. The largest absolute Gasteiger partial charge is 0.494 e. The summed E-state index contributed by atoms with van der Waals surface area (Å²) < 4.78 is 5.12. The first-order chi connectivity index (χ1) is 6.11. The minimum atomic E-state index is 0.599. The number of carbonyl (C=O) groups excluding carboxylic acids is 1. The van der Waals surface area contributed by atoms with Gasteiger partial charge in [0.2, 0.25) is 0 Å². The van der Waals surface area contributed by atoms with Crippen molar-refractivity contribution >= 4 is 12.0 Å². The Kier molecular flexibility index (Phi) is 2.56. The predicted octanol–water partition coefficient (Wildman–Crippen LogP) is 1.71. The summed E-state index contributed by atoms with van der Waals surface area (Å²) >= 11 is 0. The number of nitrogens with two attached hydrogens (primary N) is 1. The number of nitrogen functional groups attached to an aromatic ring is 1. The first kappa shape index (κ1) is 9.58. The maximum atomic E-state index is 10.7. The Hall–Kier alpha value is -1.51. The molecule has 0 saturated heterocycles. The molecule has 70 valence electrons. The third-order valence-electron chi connectivity index (χ3n) is 2.15. The van der Waals surface area contributed by atoms with Crippen LogP contribution in [0.5, 0.6) is 5.75 Å². The van der Waals surface area contributed by atoms with Crippen LogP contribution in [0.3, 0.4) is 0 Å². The van der Waals surface area contributed by atoms with Crippen LogP contribution >= 0.6 is 0 Å². The molecule has 0 spiro atoms. The number of methoxy groups -OCH3 is 1. The van der Waals surface area contributed by atoms with E-state index in [0.717, 1.165) is 17.4 Å². The van der Waals surface area contributed by atoms with Crippen LogP contribution in [0.4, 0.5) is 5.69 Å². The number of rotatable bonds is 2. The number of aryl methyl sites for hydroxylation is 1. The quantitative estimate of drug-likeness (QED) is 0.555. The molecule has 2 N–H and O–H groups in total. The minimum Gasteiger partial charge on any atom is -0.494 e. The highest BCUT2D eigenvalue weighted by Crippen LogP contribution is 2.30. The van der Waals surface area contributed by atoms with E-state index in [9.17, 15) is 4.79 Å². The van der Waals surface area contributed by atoms with E-state index in [0.29, 0.717) is 17.0 Å². The Morgan fingerprint density at radius 2 is 2.08 bits per heavy atom. The lowest BCUT2D eigenvalue weighted by Gasteiger charge is -2.12. The molecule has 0 unspecified atom stereocenters. The van der Waals surface area contributed by atoms with Crippen molar-refractivity contribution < 1.29 is 9.53 Å². The highest BCUT2D eigenvalue weighted by Gasteiger charge is 2.10. The second-order valence-electron chi connectivity index (χ2n) is 2.97. The van der Waals surface area contributed by atoms with E-state index in [2.05, 4.69) is 0 Å². The molecule has 1 rings (SSSR count). The van der Waals surface area contributed by atoms with E-state index in [1.54, 1.807) is 13.2 Å². The average molecular weight is 179 g/mol. The standard InChI is InChI=1S/C10H13NO2/c1-6-4-8(5-12)7(2)10(13-3)9(6)11/h4-5H,11H2,1-3H3. The zero-order chi connectivity index (χ0) is 10.0. The molecule has 3 heteroatoms. The monoisotopic (exact) mass is 179 g/mol. The zero-order valence-corrected chi connectivity index (χ0v) is 8.05. The molecule has 0 atom stereocenters. The maximum absolute atomic E-state index is 10.7. The molecule has 0 aromatic heterocycles. The van der Waals surface area contributed by atoms with Crippen LogP contribution in [-0.4, -0.2) is 13.4 Å². The predicted molar refractivity (Wildman–Crippen MR) is 52.3 cm³/mol.